The summed E-state index contributed by atoms with van der Waals surface area (Å²) in [6.45, 7) is 0.268. The van der Waals surface area contributed by atoms with Gasteiger partial charge in [0.1, 0.15) is 23.2 Å². The van der Waals surface area contributed by atoms with Crippen molar-refractivity contribution in [2.24, 2.45) is 5.92 Å². The molecule has 0 bridgehead atoms. The number of hydrogen-bond donors (Lipinski definition) is 3. The van der Waals surface area contributed by atoms with E-state index in [1.807, 2.05) is 4.90 Å². The lowest BCUT2D eigenvalue weighted by atomic mass is 9.74. The Hall–Kier alpha value is -2.55. The summed E-state index contributed by atoms with van der Waals surface area (Å²) in [5.74, 6) is -3.53. The first-order valence-electron chi connectivity index (χ1n) is 9.34. The van der Waals surface area contributed by atoms with Crippen LogP contribution in [0.15, 0.2) is 45.3 Å². The topological polar surface area (TPSA) is 94.1 Å². The zero-order valence-electron chi connectivity index (χ0n) is 15.7. The third-order valence-electron chi connectivity index (χ3n) is 6.04. The van der Waals surface area contributed by atoms with Crippen LogP contribution in [0.4, 0.5) is 8.78 Å². The molecule has 3 N–H and O–H groups in total. The highest BCUT2D eigenvalue weighted by molar-refractivity contribution is 5.60. The SMILES string of the molecule is CN1CCC(C2(O)C(O)=CCc3c2oc(-c2c(F)cccc2F)cc3=O)C1CO. The molecule has 3 atom stereocenters. The van der Waals surface area contributed by atoms with E-state index < -0.39 is 45.9 Å². The van der Waals surface area contributed by atoms with Gasteiger partial charge in [0.15, 0.2) is 16.8 Å². The Morgan fingerprint density at radius 3 is 2.66 bits per heavy atom. The number of allylic oxidation sites excluding steroid dienone is 1. The van der Waals surface area contributed by atoms with Gasteiger partial charge in [0.25, 0.3) is 0 Å². The molecule has 154 valence electrons. The van der Waals surface area contributed by atoms with Gasteiger partial charge in [0, 0.05) is 30.0 Å². The van der Waals surface area contributed by atoms with Crippen LogP contribution in [0.5, 0.6) is 0 Å². The van der Waals surface area contributed by atoms with E-state index in [1.54, 1.807) is 7.05 Å². The molecule has 0 spiro atoms. The highest BCUT2D eigenvalue weighted by Crippen LogP contribution is 2.47. The molecule has 8 heteroatoms. The minimum Gasteiger partial charge on any atom is -0.509 e. The van der Waals surface area contributed by atoms with Gasteiger partial charge in [-0.2, -0.15) is 0 Å². The molecule has 1 aromatic carbocycles. The van der Waals surface area contributed by atoms with E-state index in [0.29, 0.717) is 13.0 Å². The predicted octanol–water partition coefficient (Wildman–Crippen LogP) is 2.08. The molecule has 1 aromatic heterocycles. The van der Waals surface area contributed by atoms with Crippen LogP contribution in [0.25, 0.3) is 11.3 Å². The van der Waals surface area contributed by atoms with Crippen LogP contribution >= 0.6 is 0 Å². The second-order valence-corrected chi connectivity index (χ2v) is 7.56. The number of likely N-dealkylation sites (tertiary alicyclic amines) is 1. The first kappa shape index (κ1) is 19.8. The quantitative estimate of drug-likeness (QED) is 0.724. The van der Waals surface area contributed by atoms with Gasteiger partial charge in [-0.15, -0.1) is 0 Å². The summed E-state index contributed by atoms with van der Waals surface area (Å²) in [4.78, 5) is 14.6. The maximum absolute atomic E-state index is 14.3. The zero-order chi connectivity index (χ0) is 20.9. The van der Waals surface area contributed by atoms with Crippen molar-refractivity contribution in [3.8, 4) is 11.3 Å². The number of nitrogens with zero attached hydrogens (tertiary/aromatic N) is 1. The fourth-order valence-electron chi connectivity index (χ4n) is 4.47. The third-order valence-corrected chi connectivity index (χ3v) is 6.04. The van der Waals surface area contributed by atoms with Crippen molar-refractivity contribution in [1.82, 2.24) is 4.90 Å². The normalized spacial score (nSPS) is 27.0. The standard InChI is InChI=1S/C21H21F2NO5/c1-24-8-7-12(15(24)10-25)21(28)18(27)6-5-11-16(26)9-17(29-20(11)21)19-13(22)3-2-4-14(19)23/h2-4,6,9,12,15,25,27-28H,5,7-8,10H2,1H3. The second kappa shape index (κ2) is 7.05. The van der Waals surface area contributed by atoms with Gasteiger partial charge in [0.05, 0.1) is 12.2 Å². The molecule has 0 saturated carbocycles. The van der Waals surface area contributed by atoms with Crippen molar-refractivity contribution in [2.45, 2.75) is 24.5 Å². The van der Waals surface area contributed by atoms with Crippen molar-refractivity contribution >= 4 is 0 Å². The highest BCUT2D eigenvalue weighted by Gasteiger charge is 2.54. The number of hydrogen-bond acceptors (Lipinski definition) is 6. The maximum Gasteiger partial charge on any atom is 0.189 e. The van der Waals surface area contributed by atoms with E-state index in [0.717, 1.165) is 18.2 Å². The van der Waals surface area contributed by atoms with Crippen molar-refractivity contribution in [1.29, 1.82) is 0 Å². The van der Waals surface area contributed by atoms with Crippen LogP contribution in [0.1, 0.15) is 17.7 Å². The number of benzene rings is 1. The summed E-state index contributed by atoms with van der Waals surface area (Å²) in [6, 6.07) is 3.75. The number of likely N-dealkylation sites (N-methyl/N-ethyl adjacent to an activating group) is 1. The second-order valence-electron chi connectivity index (χ2n) is 7.56. The van der Waals surface area contributed by atoms with Gasteiger partial charge < -0.3 is 24.6 Å². The lowest BCUT2D eigenvalue weighted by Crippen LogP contribution is -2.48. The third kappa shape index (κ3) is 2.90. The Bertz CT molecular complexity index is 1030. The van der Waals surface area contributed by atoms with E-state index in [-0.39, 0.29) is 30.1 Å². The minimum absolute atomic E-state index is 0.0121. The van der Waals surface area contributed by atoms with Crippen molar-refractivity contribution in [2.75, 3.05) is 20.2 Å². The zero-order valence-corrected chi connectivity index (χ0v) is 15.7. The van der Waals surface area contributed by atoms with E-state index in [1.165, 1.54) is 12.1 Å². The average Bonchev–Trinajstić information content (AvgIpc) is 3.06. The van der Waals surface area contributed by atoms with Gasteiger partial charge in [0.2, 0.25) is 0 Å². The summed E-state index contributed by atoms with van der Waals surface area (Å²) in [7, 11) is 1.77. The molecule has 4 rings (SSSR count). The molecule has 3 unspecified atom stereocenters. The molecule has 1 aliphatic carbocycles. The number of fused-ring (bicyclic) bond motifs is 1. The van der Waals surface area contributed by atoms with Crippen LogP contribution in [0, 0.1) is 17.6 Å². The van der Waals surface area contributed by atoms with E-state index in [2.05, 4.69) is 0 Å². The molecule has 1 fully saturated rings. The number of aliphatic hydroxyl groups excluding tert-OH is 2. The number of halogens is 2. The van der Waals surface area contributed by atoms with Crippen LogP contribution < -0.4 is 5.43 Å². The summed E-state index contributed by atoms with van der Waals surface area (Å²) in [5.41, 5.74) is -3.07. The lowest BCUT2D eigenvalue weighted by Gasteiger charge is -2.39. The average molecular weight is 405 g/mol. The Kier molecular flexibility index (Phi) is 4.80. The molecule has 2 aromatic rings. The molecule has 6 nitrogen and oxygen atoms in total. The highest BCUT2D eigenvalue weighted by atomic mass is 19.1. The first-order valence-corrected chi connectivity index (χ1v) is 9.34. The fourth-order valence-corrected chi connectivity index (χ4v) is 4.47. The minimum atomic E-state index is -2.09. The fraction of sp³-hybridized carbons (Fsp3) is 0.381. The number of aliphatic hydroxyl groups is 3. The predicted molar refractivity (Wildman–Crippen MR) is 100 cm³/mol. The molecule has 29 heavy (non-hydrogen) atoms. The van der Waals surface area contributed by atoms with Gasteiger partial charge in [-0.3, -0.25) is 4.79 Å². The molecule has 2 aliphatic rings. The summed E-state index contributed by atoms with van der Waals surface area (Å²) in [6.07, 6.45) is 1.76. The summed E-state index contributed by atoms with van der Waals surface area (Å²) in [5, 5.41) is 32.0. The van der Waals surface area contributed by atoms with Crippen LogP contribution in [0.3, 0.4) is 0 Å². The Morgan fingerprint density at radius 1 is 1.31 bits per heavy atom. The van der Waals surface area contributed by atoms with Gasteiger partial charge in [-0.25, -0.2) is 8.78 Å². The monoisotopic (exact) mass is 405 g/mol. The molecule has 2 heterocycles. The van der Waals surface area contributed by atoms with Crippen LogP contribution in [-0.2, 0) is 12.0 Å². The summed E-state index contributed by atoms with van der Waals surface area (Å²) >= 11 is 0. The molecule has 1 saturated heterocycles. The largest absolute Gasteiger partial charge is 0.509 e. The van der Waals surface area contributed by atoms with E-state index in [9.17, 15) is 28.9 Å². The number of rotatable bonds is 3. The van der Waals surface area contributed by atoms with Crippen LogP contribution in [-0.4, -0.2) is 46.5 Å². The van der Waals surface area contributed by atoms with Crippen molar-refractivity contribution in [3.63, 3.8) is 0 Å². The molecule has 0 radical (unpaired) electrons. The van der Waals surface area contributed by atoms with E-state index in [4.69, 9.17) is 4.42 Å². The summed E-state index contributed by atoms with van der Waals surface area (Å²) < 4.78 is 34.3. The molecule has 0 amide bonds. The van der Waals surface area contributed by atoms with Gasteiger partial charge in [-0.1, -0.05) is 6.07 Å². The molecule has 1 aliphatic heterocycles. The van der Waals surface area contributed by atoms with E-state index >= 15 is 0 Å². The Morgan fingerprint density at radius 2 is 2.00 bits per heavy atom. The first-order chi connectivity index (χ1) is 13.8. The van der Waals surface area contributed by atoms with Gasteiger partial charge in [-0.05, 0) is 38.2 Å². The van der Waals surface area contributed by atoms with Crippen molar-refractivity contribution < 1.29 is 28.5 Å². The van der Waals surface area contributed by atoms with Gasteiger partial charge >= 0.3 is 0 Å². The molecular weight excluding hydrogens is 384 g/mol. The van der Waals surface area contributed by atoms with Crippen LogP contribution in [0.2, 0.25) is 0 Å². The van der Waals surface area contributed by atoms with Crippen molar-refractivity contribution in [3.05, 3.63) is 69.3 Å². The molecular formula is C21H21F2NO5. The smallest absolute Gasteiger partial charge is 0.189 e. The Balaban J connectivity index is 1.94. The maximum atomic E-state index is 14.3. The Labute approximate surface area is 165 Å². The lowest BCUT2D eigenvalue weighted by molar-refractivity contribution is -0.0613.